The number of aldehydes is 1. The lowest BCUT2D eigenvalue weighted by Gasteiger charge is -2.09. The van der Waals surface area contributed by atoms with Crippen LogP contribution in [0.2, 0.25) is 0 Å². The lowest BCUT2D eigenvalue weighted by Crippen LogP contribution is -2.26. The molecule has 1 saturated heterocycles. The molecule has 2 heteroatoms. The average molecular weight is 98.1 g/mol. The Kier molecular flexibility index (Phi) is 0.390. The maximum Gasteiger partial charge on any atom is 0.154 e. The van der Waals surface area contributed by atoms with Crippen molar-refractivity contribution in [2.75, 3.05) is 0 Å². The van der Waals surface area contributed by atoms with Crippen LogP contribution in [0.15, 0.2) is 0 Å². The summed E-state index contributed by atoms with van der Waals surface area (Å²) < 4.78 is 5.00. The van der Waals surface area contributed by atoms with Crippen molar-refractivity contribution in [1.82, 2.24) is 0 Å². The molecule has 2 aliphatic rings. The van der Waals surface area contributed by atoms with Gasteiger partial charge >= 0.3 is 0 Å². The van der Waals surface area contributed by atoms with Crippen LogP contribution in [-0.2, 0) is 9.53 Å². The molecule has 2 fully saturated rings. The quantitative estimate of drug-likeness (QED) is 0.344. The van der Waals surface area contributed by atoms with E-state index in [-0.39, 0.29) is 5.60 Å². The minimum Gasteiger partial charge on any atom is -0.358 e. The standard InChI is InChI=1S/C5H6O2/c6-3-5-2-1-4(5)7-5/h3-4H,1-2H2. The van der Waals surface area contributed by atoms with Gasteiger partial charge in [0, 0.05) is 0 Å². The Labute approximate surface area is 41.5 Å². The van der Waals surface area contributed by atoms with Gasteiger partial charge in [-0.3, -0.25) is 0 Å². The zero-order valence-corrected chi connectivity index (χ0v) is 3.89. The fraction of sp³-hybridized carbons (Fsp3) is 0.800. The molecule has 38 valence electrons. The van der Waals surface area contributed by atoms with Crippen LogP contribution in [0.1, 0.15) is 12.8 Å². The van der Waals surface area contributed by atoms with E-state index in [1.54, 1.807) is 0 Å². The first-order valence-corrected chi connectivity index (χ1v) is 2.51. The number of hydrogen-bond donors (Lipinski definition) is 0. The Morgan fingerprint density at radius 1 is 1.86 bits per heavy atom. The van der Waals surface area contributed by atoms with Gasteiger partial charge in [0.05, 0.1) is 6.10 Å². The summed E-state index contributed by atoms with van der Waals surface area (Å²) in [6.45, 7) is 0. The maximum atomic E-state index is 10.0. The molecule has 1 saturated carbocycles. The molecule has 0 bridgehead atoms. The first-order valence-electron chi connectivity index (χ1n) is 2.51. The number of fused-ring (bicyclic) bond motifs is 1. The van der Waals surface area contributed by atoms with E-state index in [4.69, 9.17) is 4.74 Å². The van der Waals surface area contributed by atoms with Crippen molar-refractivity contribution in [3.63, 3.8) is 0 Å². The van der Waals surface area contributed by atoms with E-state index < -0.39 is 0 Å². The number of carbonyl (C=O) groups excluding carboxylic acids is 1. The van der Waals surface area contributed by atoms with Crippen LogP contribution in [0.4, 0.5) is 0 Å². The van der Waals surface area contributed by atoms with Crippen molar-refractivity contribution >= 4 is 6.29 Å². The minimum atomic E-state index is -0.250. The summed E-state index contributed by atoms with van der Waals surface area (Å²) in [4.78, 5) is 10.0. The zero-order valence-electron chi connectivity index (χ0n) is 3.89. The second-order valence-electron chi connectivity index (χ2n) is 2.22. The lowest BCUT2D eigenvalue weighted by molar-refractivity contribution is -0.112. The Bertz CT molecular complexity index is 117. The molecule has 7 heavy (non-hydrogen) atoms. The van der Waals surface area contributed by atoms with Gasteiger partial charge in [0.25, 0.3) is 0 Å². The number of carbonyl (C=O) groups is 1. The Hall–Kier alpha value is -0.370. The topological polar surface area (TPSA) is 29.6 Å². The van der Waals surface area contributed by atoms with Gasteiger partial charge in [0.1, 0.15) is 5.60 Å². The summed E-state index contributed by atoms with van der Waals surface area (Å²) >= 11 is 0. The van der Waals surface area contributed by atoms with Crippen molar-refractivity contribution in [1.29, 1.82) is 0 Å². The number of ether oxygens (including phenoxy) is 1. The number of epoxide rings is 1. The molecule has 0 aromatic heterocycles. The molecule has 2 nitrogen and oxygen atoms in total. The van der Waals surface area contributed by atoms with Gasteiger partial charge in [-0.15, -0.1) is 0 Å². The van der Waals surface area contributed by atoms with Crippen LogP contribution in [0.5, 0.6) is 0 Å². The largest absolute Gasteiger partial charge is 0.358 e. The summed E-state index contributed by atoms with van der Waals surface area (Å²) in [6, 6.07) is 0. The molecule has 0 amide bonds. The fourth-order valence-corrected chi connectivity index (χ4v) is 1.06. The SMILES string of the molecule is O=CC12CCC1O2. The summed E-state index contributed by atoms with van der Waals surface area (Å²) in [5.74, 6) is 0. The van der Waals surface area contributed by atoms with E-state index in [2.05, 4.69) is 0 Å². The Morgan fingerprint density at radius 2 is 2.71 bits per heavy atom. The van der Waals surface area contributed by atoms with Crippen LogP contribution < -0.4 is 0 Å². The highest BCUT2D eigenvalue weighted by molar-refractivity contribution is 5.70. The summed E-state index contributed by atoms with van der Waals surface area (Å²) in [6.07, 6.45) is 3.31. The summed E-state index contributed by atoms with van der Waals surface area (Å²) in [5.41, 5.74) is -0.250. The molecule has 0 aromatic carbocycles. The third-order valence-corrected chi connectivity index (χ3v) is 1.85. The highest BCUT2D eigenvalue weighted by atomic mass is 16.6. The molecule has 1 heterocycles. The second kappa shape index (κ2) is 0.757. The van der Waals surface area contributed by atoms with E-state index in [0.717, 1.165) is 19.1 Å². The lowest BCUT2D eigenvalue weighted by atomic mass is 9.87. The van der Waals surface area contributed by atoms with Crippen molar-refractivity contribution in [3.05, 3.63) is 0 Å². The molecular formula is C5H6O2. The van der Waals surface area contributed by atoms with Gasteiger partial charge < -0.3 is 9.53 Å². The van der Waals surface area contributed by atoms with Gasteiger partial charge in [-0.2, -0.15) is 0 Å². The number of hydrogen-bond acceptors (Lipinski definition) is 2. The minimum absolute atomic E-state index is 0.250. The third-order valence-electron chi connectivity index (χ3n) is 1.85. The molecule has 1 aliphatic heterocycles. The van der Waals surface area contributed by atoms with Crippen LogP contribution in [0.25, 0.3) is 0 Å². The van der Waals surface area contributed by atoms with Crippen LogP contribution in [0.3, 0.4) is 0 Å². The summed E-state index contributed by atoms with van der Waals surface area (Å²) in [5, 5.41) is 0. The molecule has 2 unspecified atom stereocenters. The van der Waals surface area contributed by atoms with Crippen molar-refractivity contribution in [3.8, 4) is 0 Å². The second-order valence-corrected chi connectivity index (χ2v) is 2.22. The van der Waals surface area contributed by atoms with Gasteiger partial charge in [-0.1, -0.05) is 0 Å². The molecule has 1 aliphatic carbocycles. The van der Waals surface area contributed by atoms with E-state index in [9.17, 15) is 4.79 Å². The molecule has 0 N–H and O–H groups in total. The van der Waals surface area contributed by atoms with Crippen molar-refractivity contribution in [2.45, 2.75) is 24.5 Å². The molecule has 0 spiro atoms. The Morgan fingerprint density at radius 3 is 2.71 bits per heavy atom. The predicted octanol–water partition coefficient (Wildman–Crippen LogP) is 0.117. The molecule has 0 aromatic rings. The van der Waals surface area contributed by atoms with Crippen LogP contribution in [-0.4, -0.2) is 18.0 Å². The highest BCUT2D eigenvalue weighted by Gasteiger charge is 2.64. The van der Waals surface area contributed by atoms with E-state index in [0.29, 0.717) is 6.10 Å². The van der Waals surface area contributed by atoms with E-state index in [1.807, 2.05) is 0 Å². The Balaban J connectivity index is 2.19. The van der Waals surface area contributed by atoms with E-state index in [1.165, 1.54) is 0 Å². The molecule has 2 atom stereocenters. The fourth-order valence-electron chi connectivity index (χ4n) is 1.06. The van der Waals surface area contributed by atoms with Crippen molar-refractivity contribution < 1.29 is 9.53 Å². The van der Waals surface area contributed by atoms with Gasteiger partial charge in [-0.25, -0.2) is 0 Å². The van der Waals surface area contributed by atoms with Crippen LogP contribution >= 0.6 is 0 Å². The molecule has 0 radical (unpaired) electrons. The average Bonchev–Trinajstić information content (AvgIpc) is 2.12. The van der Waals surface area contributed by atoms with Crippen molar-refractivity contribution in [2.24, 2.45) is 0 Å². The summed E-state index contributed by atoms with van der Waals surface area (Å²) in [7, 11) is 0. The first-order chi connectivity index (χ1) is 3.37. The molecule has 2 rings (SSSR count). The van der Waals surface area contributed by atoms with Crippen LogP contribution in [0, 0.1) is 0 Å². The smallest absolute Gasteiger partial charge is 0.154 e. The zero-order chi connectivity index (χ0) is 4.91. The van der Waals surface area contributed by atoms with E-state index >= 15 is 0 Å². The van der Waals surface area contributed by atoms with Gasteiger partial charge in [-0.05, 0) is 12.8 Å². The number of rotatable bonds is 1. The normalized spacial score (nSPS) is 54.6. The monoisotopic (exact) mass is 98.0 g/mol. The highest BCUT2D eigenvalue weighted by Crippen LogP contribution is 2.51. The first kappa shape index (κ1) is 3.61. The maximum absolute atomic E-state index is 10.0. The van der Waals surface area contributed by atoms with Gasteiger partial charge in [0.2, 0.25) is 0 Å². The van der Waals surface area contributed by atoms with Gasteiger partial charge in [0.15, 0.2) is 6.29 Å². The molecular weight excluding hydrogens is 92.1 g/mol. The predicted molar refractivity (Wildman–Crippen MR) is 22.9 cm³/mol. The third kappa shape index (κ3) is 0.239.